The molecule has 1 aromatic rings. The second kappa shape index (κ2) is 4.91. The summed E-state index contributed by atoms with van der Waals surface area (Å²) in [6.45, 7) is 8.50. The van der Waals surface area contributed by atoms with Crippen LogP contribution in [0, 0.1) is 6.92 Å². The molecule has 3 heteroatoms. The SMILES string of the molecule is CNC(C)(C)CNCc1ccc(C)s1. The third-order valence-corrected chi connectivity index (χ3v) is 3.34. The van der Waals surface area contributed by atoms with Gasteiger partial charge >= 0.3 is 0 Å². The maximum atomic E-state index is 3.45. The number of hydrogen-bond acceptors (Lipinski definition) is 3. The highest BCUT2D eigenvalue weighted by Crippen LogP contribution is 2.14. The summed E-state index contributed by atoms with van der Waals surface area (Å²) in [4.78, 5) is 2.80. The molecule has 0 atom stereocenters. The monoisotopic (exact) mass is 212 g/mol. The van der Waals surface area contributed by atoms with E-state index in [1.807, 2.05) is 18.4 Å². The van der Waals surface area contributed by atoms with Crippen LogP contribution in [-0.2, 0) is 6.54 Å². The minimum atomic E-state index is 0.173. The van der Waals surface area contributed by atoms with Crippen LogP contribution in [0.3, 0.4) is 0 Å². The van der Waals surface area contributed by atoms with Gasteiger partial charge in [0.25, 0.3) is 0 Å². The Morgan fingerprint density at radius 2 is 2.07 bits per heavy atom. The van der Waals surface area contributed by atoms with Gasteiger partial charge in [-0.3, -0.25) is 0 Å². The predicted octanol–water partition coefficient (Wildman–Crippen LogP) is 2.14. The van der Waals surface area contributed by atoms with E-state index >= 15 is 0 Å². The third kappa shape index (κ3) is 3.78. The molecule has 1 heterocycles. The summed E-state index contributed by atoms with van der Waals surface area (Å²) in [6.07, 6.45) is 0. The smallest absolute Gasteiger partial charge is 0.0300 e. The Bertz CT molecular complexity index is 279. The standard InChI is InChI=1S/C11H20N2S/c1-9-5-6-10(14-9)7-13-8-11(2,3)12-4/h5-6,12-13H,7-8H2,1-4H3. The highest BCUT2D eigenvalue weighted by atomic mass is 32.1. The van der Waals surface area contributed by atoms with Crippen LogP contribution >= 0.6 is 11.3 Å². The highest BCUT2D eigenvalue weighted by Gasteiger charge is 2.13. The molecule has 1 aromatic heterocycles. The van der Waals surface area contributed by atoms with Crippen LogP contribution < -0.4 is 10.6 Å². The number of likely N-dealkylation sites (N-methyl/N-ethyl adjacent to an activating group) is 1. The number of nitrogens with one attached hydrogen (secondary N) is 2. The molecule has 2 nitrogen and oxygen atoms in total. The number of aryl methyl sites for hydroxylation is 1. The van der Waals surface area contributed by atoms with Gasteiger partial charge in [-0.1, -0.05) is 0 Å². The molecule has 0 spiro atoms. The average molecular weight is 212 g/mol. The van der Waals surface area contributed by atoms with E-state index in [1.165, 1.54) is 9.75 Å². The van der Waals surface area contributed by atoms with Crippen molar-refractivity contribution in [2.24, 2.45) is 0 Å². The number of thiophene rings is 1. The van der Waals surface area contributed by atoms with Crippen LogP contribution in [0.15, 0.2) is 12.1 Å². The molecular weight excluding hydrogens is 192 g/mol. The average Bonchev–Trinajstić information content (AvgIpc) is 2.51. The first-order valence-corrected chi connectivity index (χ1v) is 5.80. The lowest BCUT2D eigenvalue weighted by Gasteiger charge is -2.24. The van der Waals surface area contributed by atoms with Crippen LogP contribution in [0.1, 0.15) is 23.6 Å². The molecule has 0 aromatic carbocycles. The lowest BCUT2D eigenvalue weighted by Crippen LogP contribution is -2.45. The van der Waals surface area contributed by atoms with E-state index in [2.05, 4.69) is 43.5 Å². The predicted molar refractivity (Wildman–Crippen MR) is 63.9 cm³/mol. The van der Waals surface area contributed by atoms with Gasteiger partial charge in [-0.15, -0.1) is 11.3 Å². The molecule has 1 rings (SSSR count). The number of hydrogen-bond donors (Lipinski definition) is 2. The van der Waals surface area contributed by atoms with E-state index in [1.54, 1.807) is 0 Å². The second-order valence-corrected chi connectivity index (χ2v) is 5.62. The van der Waals surface area contributed by atoms with E-state index in [-0.39, 0.29) is 5.54 Å². The van der Waals surface area contributed by atoms with Crippen molar-refractivity contribution in [1.29, 1.82) is 0 Å². The first-order valence-electron chi connectivity index (χ1n) is 4.98. The van der Waals surface area contributed by atoms with Crippen molar-refractivity contribution in [2.75, 3.05) is 13.6 Å². The van der Waals surface area contributed by atoms with Crippen molar-refractivity contribution in [2.45, 2.75) is 32.9 Å². The normalized spacial score (nSPS) is 12.0. The zero-order valence-electron chi connectivity index (χ0n) is 9.48. The summed E-state index contributed by atoms with van der Waals surface area (Å²) in [5.41, 5.74) is 0.173. The zero-order valence-corrected chi connectivity index (χ0v) is 10.3. The van der Waals surface area contributed by atoms with Gasteiger partial charge in [-0.2, -0.15) is 0 Å². The number of rotatable bonds is 5. The zero-order chi connectivity index (χ0) is 10.6. The minimum Gasteiger partial charge on any atom is -0.314 e. The Labute approximate surface area is 90.7 Å². The van der Waals surface area contributed by atoms with Crippen molar-refractivity contribution in [3.8, 4) is 0 Å². The Balaban J connectivity index is 2.28. The molecule has 80 valence electrons. The fourth-order valence-electron chi connectivity index (χ4n) is 1.17. The van der Waals surface area contributed by atoms with Crippen LogP contribution in [0.25, 0.3) is 0 Å². The van der Waals surface area contributed by atoms with Gasteiger partial charge in [-0.25, -0.2) is 0 Å². The van der Waals surface area contributed by atoms with E-state index in [0.29, 0.717) is 0 Å². The van der Waals surface area contributed by atoms with Crippen molar-refractivity contribution >= 4 is 11.3 Å². The lowest BCUT2D eigenvalue weighted by molar-refractivity contribution is 0.394. The lowest BCUT2D eigenvalue weighted by atomic mass is 10.1. The van der Waals surface area contributed by atoms with Gasteiger partial charge in [0.05, 0.1) is 0 Å². The molecule has 0 saturated carbocycles. The molecule has 0 saturated heterocycles. The molecule has 14 heavy (non-hydrogen) atoms. The van der Waals surface area contributed by atoms with Gasteiger partial charge in [0.1, 0.15) is 0 Å². The largest absolute Gasteiger partial charge is 0.314 e. The topological polar surface area (TPSA) is 24.1 Å². The summed E-state index contributed by atoms with van der Waals surface area (Å²) in [7, 11) is 2.00. The van der Waals surface area contributed by atoms with Crippen molar-refractivity contribution in [1.82, 2.24) is 10.6 Å². The van der Waals surface area contributed by atoms with E-state index < -0.39 is 0 Å². The van der Waals surface area contributed by atoms with Crippen LogP contribution in [0.4, 0.5) is 0 Å². The first kappa shape index (κ1) is 11.7. The summed E-state index contributed by atoms with van der Waals surface area (Å²) >= 11 is 1.86. The Morgan fingerprint density at radius 1 is 1.36 bits per heavy atom. The fraction of sp³-hybridized carbons (Fsp3) is 0.636. The first-order chi connectivity index (χ1) is 6.53. The second-order valence-electron chi connectivity index (χ2n) is 4.25. The van der Waals surface area contributed by atoms with Crippen LogP contribution in [0.5, 0.6) is 0 Å². The molecular formula is C11H20N2S. The molecule has 0 radical (unpaired) electrons. The molecule has 0 aliphatic carbocycles. The minimum absolute atomic E-state index is 0.173. The van der Waals surface area contributed by atoms with Gasteiger partial charge < -0.3 is 10.6 Å². The maximum absolute atomic E-state index is 3.45. The van der Waals surface area contributed by atoms with Gasteiger partial charge in [0.15, 0.2) is 0 Å². The van der Waals surface area contributed by atoms with E-state index in [9.17, 15) is 0 Å². The third-order valence-electron chi connectivity index (χ3n) is 2.34. The highest BCUT2D eigenvalue weighted by molar-refractivity contribution is 7.11. The maximum Gasteiger partial charge on any atom is 0.0300 e. The molecule has 0 aliphatic rings. The Hall–Kier alpha value is -0.380. The van der Waals surface area contributed by atoms with Crippen LogP contribution in [0.2, 0.25) is 0 Å². The van der Waals surface area contributed by atoms with Gasteiger partial charge in [-0.05, 0) is 40.0 Å². The molecule has 0 bridgehead atoms. The fourth-order valence-corrected chi connectivity index (χ4v) is 2.03. The van der Waals surface area contributed by atoms with Gasteiger partial charge in [0, 0.05) is 28.4 Å². The molecule has 0 fully saturated rings. The summed E-state index contributed by atoms with van der Waals surface area (Å²) < 4.78 is 0. The molecule has 0 aliphatic heterocycles. The quantitative estimate of drug-likeness (QED) is 0.781. The van der Waals surface area contributed by atoms with Crippen molar-refractivity contribution in [3.05, 3.63) is 21.9 Å². The summed E-state index contributed by atoms with van der Waals surface area (Å²) in [5, 5.41) is 6.73. The van der Waals surface area contributed by atoms with E-state index in [4.69, 9.17) is 0 Å². The molecule has 0 unspecified atom stereocenters. The molecule has 2 N–H and O–H groups in total. The van der Waals surface area contributed by atoms with Crippen molar-refractivity contribution in [3.63, 3.8) is 0 Å². The molecule has 0 amide bonds. The van der Waals surface area contributed by atoms with Gasteiger partial charge in [0.2, 0.25) is 0 Å². The van der Waals surface area contributed by atoms with Crippen LogP contribution in [-0.4, -0.2) is 19.1 Å². The summed E-state index contributed by atoms with van der Waals surface area (Å²) in [6, 6.07) is 4.37. The Kier molecular flexibility index (Phi) is 4.11. The van der Waals surface area contributed by atoms with Crippen molar-refractivity contribution < 1.29 is 0 Å². The summed E-state index contributed by atoms with van der Waals surface area (Å²) in [5.74, 6) is 0. The Morgan fingerprint density at radius 3 is 2.57 bits per heavy atom. The van der Waals surface area contributed by atoms with E-state index in [0.717, 1.165) is 13.1 Å².